The molecule has 3 heteroatoms. The van der Waals surface area contributed by atoms with Gasteiger partial charge < -0.3 is 9.90 Å². The molecule has 2 atom stereocenters. The topological polar surface area (TPSA) is 40.5 Å². The summed E-state index contributed by atoms with van der Waals surface area (Å²) in [5.74, 6) is 1.07. The fraction of sp³-hybridized carbons (Fsp3) is 0.429. The molecule has 2 aromatic carbocycles. The van der Waals surface area contributed by atoms with Gasteiger partial charge in [-0.15, -0.1) is 0 Å². The zero-order chi connectivity index (χ0) is 22.3. The monoisotopic (exact) mass is 434 g/mol. The lowest BCUT2D eigenvalue weighted by molar-refractivity contribution is 0.285. The number of aliphatic hydroxyl groups is 1. The van der Waals surface area contributed by atoms with E-state index in [0.29, 0.717) is 11.8 Å². The van der Waals surface area contributed by atoms with E-state index in [4.69, 9.17) is 0 Å². The Labute approximate surface area is 189 Å². The first kappa shape index (κ1) is 23.7. The summed E-state index contributed by atoms with van der Waals surface area (Å²) in [4.78, 5) is 12.3. The summed E-state index contributed by atoms with van der Waals surface area (Å²) in [7, 11) is -2.92. The van der Waals surface area contributed by atoms with Gasteiger partial charge in [0.25, 0.3) is 8.32 Å². The molecule has 1 aliphatic rings. The van der Waals surface area contributed by atoms with Crippen LogP contribution in [0.5, 0.6) is 0 Å². The highest BCUT2D eigenvalue weighted by Gasteiger charge is 2.49. The molecular weight excluding hydrogens is 396 g/mol. The lowest BCUT2D eigenvalue weighted by atomic mass is 9.83. The van der Waals surface area contributed by atoms with Gasteiger partial charge in [-0.05, 0) is 47.0 Å². The van der Waals surface area contributed by atoms with Crippen molar-refractivity contribution in [3.63, 3.8) is 0 Å². The first-order valence-electron chi connectivity index (χ1n) is 11.7. The molecule has 2 N–H and O–H groups in total. The van der Waals surface area contributed by atoms with Crippen molar-refractivity contribution in [1.29, 1.82) is 0 Å². The Hall–Kier alpha value is -1.94. The molecule has 0 radical (unpaired) electrons. The predicted molar refractivity (Wildman–Crippen MR) is 134 cm³/mol. The SMILES string of the molecule is C[C@@H](CCCC(C)(C)[Si](O)(c1ccccc1)c1ccccc1)C1C=CC=C1CCCO. The molecule has 0 heterocycles. The minimum Gasteiger partial charge on any atom is -0.424 e. The third-order valence-corrected chi connectivity index (χ3v) is 11.7. The number of benzene rings is 2. The third kappa shape index (κ3) is 5.28. The molecule has 1 aliphatic carbocycles. The highest BCUT2D eigenvalue weighted by molar-refractivity contribution is 6.98. The van der Waals surface area contributed by atoms with E-state index in [1.807, 2.05) is 36.4 Å². The van der Waals surface area contributed by atoms with Crippen LogP contribution in [0.4, 0.5) is 0 Å². The van der Waals surface area contributed by atoms with E-state index in [1.54, 1.807) is 0 Å². The van der Waals surface area contributed by atoms with Crippen molar-refractivity contribution in [2.24, 2.45) is 11.8 Å². The quantitative estimate of drug-likeness (QED) is 0.477. The van der Waals surface area contributed by atoms with Gasteiger partial charge in [-0.25, -0.2) is 0 Å². The van der Waals surface area contributed by atoms with Crippen molar-refractivity contribution in [3.05, 3.63) is 84.5 Å². The smallest absolute Gasteiger partial charge is 0.258 e. The van der Waals surface area contributed by atoms with Crippen LogP contribution >= 0.6 is 0 Å². The number of allylic oxidation sites excluding steroid dienone is 4. The van der Waals surface area contributed by atoms with Crippen LogP contribution < -0.4 is 10.4 Å². The summed E-state index contributed by atoms with van der Waals surface area (Å²) in [6.45, 7) is 7.12. The summed E-state index contributed by atoms with van der Waals surface area (Å²) in [6.07, 6.45) is 11.8. The Bertz CT molecular complexity index is 831. The second-order valence-corrected chi connectivity index (χ2v) is 13.6. The van der Waals surface area contributed by atoms with Gasteiger partial charge in [0.2, 0.25) is 0 Å². The van der Waals surface area contributed by atoms with E-state index in [0.717, 1.165) is 42.5 Å². The zero-order valence-electron chi connectivity index (χ0n) is 19.3. The maximum Gasteiger partial charge on any atom is 0.258 e. The largest absolute Gasteiger partial charge is 0.424 e. The average Bonchev–Trinajstić information content (AvgIpc) is 3.26. The summed E-state index contributed by atoms with van der Waals surface area (Å²) in [6, 6.07) is 20.6. The predicted octanol–water partition coefficient (Wildman–Crippen LogP) is 5.21. The molecule has 0 fully saturated rings. The fourth-order valence-corrected chi connectivity index (χ4v) is 8.94. The Balaban J connectivity index is 1.72. The molecule has 2 nitrogen and oxygen atoms in total. The molecule has 1 unspecified atom stereocenters. The highest BCUT2D eigenvalue weighted by Crippen LogP contribution is 2.41. The van der Waals surface area contributed by atoms with Crippen molar-refractivity contribution in [2.45, 2.75) is 57.9 Å². The molecule has 3 rings (SSSR count). The summed E-state index contributed by atoms with van der Waals surface area (Å²) >= 11 is 0. The van der Waals surface area contributed by atoms with E-state index >= 15 is 0 Å². The van der Waals surface area contributed by atoms with Gasteiger partial charge in [0, 0.05) is 12.5 Å². The standard InChI is InChI=1S/C28H38O2Si/c1-23(27-20-10-14-24(27)15-12-22-29)13-11-21-28(2,3)31(30,25-16-6-4-7-17-25)26-18-8-5-9-19-26/h4-10,14,16-20,23,27,29-30H,11-13,15,21-22H2,1-3H3/t23-,27?/m0/s1. The van der Waals surface area contributed by atoms with Gasteiger partial charge in [-0.2, -0.15) is 0 Å². The van der Waals surface area contributed by atoms with Crippen LogP contribution in [-0.4, -0.2) is 24.8 Å². The van der Waals surface area contributed by atoms with Crippen LogP contribution in [0, 0.1) is 11.8 Å². The van der Waals surface area contributed by atoms with Crippen molar-refractivity contribution >= 4 is 18.7 Å². The van der Waals surface area contributed by atoms with Gasteiger partial charge in [-0.3, -0.25) is 0 Å². The Morgan fingerprint density at radius 1 is 0.935 bits per heavy atom. The summed E-state index contributed by atoms with van der Waals surface area (Å²) in [5, 5.41) is 11.2. The Morgan fingerprint density at radius 2 is 1.52 bits per heavy atom. The van der Waals surface area contributed by atoms with Crippen molar-refractivity contribution in [2.75, 3.05) is 6.61 Å². The number of aliphatic hydroxyl groups excluding tert-OH is 1. The normalized spacial score (nSPS) is 17.6. The Morgan fingerprint density at radius 3 is 2.06 bits per heavy atom. The van der Waals surface area contributed by atoms with E-state index in [9.17, 15) is 9.90 Å². The van der Waals surface area contributed by atoms with E-state index in [-0.39, 0.29) is 11.6 Å². The maximum atomic E-state index is 12.3. The minimum absolute atomic E-state index is 0.184. The minimum atomic E-state index is -2.92. The van der Waals surface area contributed by atoms with E-state index in [1.165, 1.54) is 5.57 Å². The van der Waals surface area contributed by atoms with Gasteiger partial charge >= 0.3 is 0 Å². The van der Waals surface area contributed by atoms with Crippen molar-refractivity contribution in [1.82, 2.24) is 0 Å². The molecule has 166 valence electrons. The molecule has 2 aromatic rings. The van der Waals surface area contributed by atoms with Gasteiger partial charge in [-0.1, -0.05) is 112 Å². The second-order valence-electron chi connectivity index (χ2n) is 9.68. The first-order valence-corrected chi connectivity index (χ1v) is 13.7. The molecule has 0 aromatic heterocycles. The molecule has 0 saturated carbocycles. The van der Waals surface area contributed by atoms with Crippen molar-refractivity contribution < 1.29 is 9.90 Å². The average molecular weight is 435 g/mol. The number of hydrogen-bond donors (Lipinski definition) is 2. The Kier molecular flexibility index (Phi) is 8.10. The second kappa shape index (κ2) is 10.6. The van der Waals surface area contributed by atoms with Crippen LogP contribution in [-0.2, 0) is 0 Å². The molecule has 0 aliphatic heterocycles. The molecule has 0 amide bonds. The van der Waals surface area contributed by atoms with Crippen molar-refractivity contribution in [3.8, 4) is 0 Å². The summed E-state index contributed by atoms with van der Waals surface area (Å²) < 4.78 is 0. The fourth-order valence-electron chi connectivity index (χ4n) is 5.16. The maximum absolute atomic E-state index is 12.3. The lowest BCUT2D eigenvalue weighted by Gasteiger charge is -2.41. The molecular formula is C28H38O2Si. The van der Waals surface area contributed by atoms with Gasteiger partial charge in [0.15, 0.2) is 0 Å². The van der Waals surface area contributed by atoms with Crippen LogP contribution in [0.15, 0.2) is 84.5 Å². The third-order valence-electron chi connectivity index (χ3n) is 7.12. The van der Waals surface area contributed by atoms with E-state index < -0.39 is 8.32 Å². The van der Waals surface area contributed by atoms with Crippen LogP contribution in [0.25, 0.3) is 0 Å². The van der Waals surface area contributed by atoms with Crippen LogP contribution in [0.2, 0.25) is 5.04 Å². The lowest BCUT2D eigenvalue weighted by Crippen LogP contribution is -2.65. The van der Waals surface area contributed by atoms with Crippen LogP contribution in [0.1, 0.15) is 52.9 Å². The number of rotatable bonds is 11. The zero-order valence-corrected chi connectivity index (χ0v) is 20.3. The van der Waals surface area contributed by atoms with Crippen LogP contribution in [0.3, 0.4) is 0 Å². The molecule has 31 heavy (non-hydrogen) atoms. The van der Waals surface area contributed by atoms with Gasteiger partial charge in [0.05, 0.1) is 0 Å². The summed E-state index contributed by atoms with van der Waals surface area (Å²) in [5.41, 5.74) is 1.46. The molecule has 0 spiro atoms. The highest BCUT2D eigenvalue weighted by atomic mass is 28.4. The molecule has 0 bridgehead atoms. The first-order chi connectivity index (χ1) is 14.9. The molecule has 0 saturated heterocycles. The van der Waals surface area contributed by atoms with Gasteiger partial charge in [0.1, 0.15) is 0 Å². The van der Waals surface area contributed by atoms with E-state index in [2.05, 4.69) is 63.3 Å². The number of hydrogen-bond acceptors (Lipinski definition) is 2.